The molecule has 0 fully saturated rings. The van der Waals surface area contributed by atoms with Crippen LogP contribution in [0.5, 0.6) is 0 Å². The molecule has 3 aromatic heterocycles. The molecule has 1 aliphatic rings. The van der Waals surface area contributed by atoms with E-state index in [1.54, 1.807) is 6.92 Å². The van der Waals surface area contributed by atoms with Crippen molar-refractivity contribution in [2.24, 2.45) is 0 Å². The number of fused-ring (bicyclic) bond motifs is 1. The monoisotopic (exact) mass is 449 g/mol. The van der Waals surface area contributed by atoms with Gasteiger partial charge in [0.2, 0.25) is 5.91 Å². The minimum atomic E-state index is -0.368. The lowest BCUT2D eigenvalue weighted by molar-refractivity contribution is -0.113. The van der Waals surface area contributed by atoms with Crippen molar-refractivity contribution in [1.29, 1.82) is 0 Å². The average Bonchev–Trinajstić information content (AvgIpc) is 3.45. The summed E-state index contributed by atoms with van der Waals surface area (Å²) in [5.74, 6) is -0.0440. The molecule has 7 nitrogen and oxygen atoms in total. The van der Waals surface area contributed by atoms with Gasteiger partial charge in [-0.05, 0) is 49.6 Å². The third kappa shape index (κ3) is 4.54. The van der Waals surface area contributed by atoms with Gasteiger partial charge in [-0.25, -0.2) is 4.79 Å². The summed E-state index contributed by atoms with van der Waals surface area (Å²) in [5.41, 5.74) is 1.54. The fraction of sp³-hybridized carbons (Fsp3) is 0.368. The lowest BCUT2D eigenvalue weighted by Gasteiger charge is -2.12. The van der Waals surface area contributed by atoms with Crippen LogP contribution in [0.4, 0.5) is 5.00 Å². The van der Waals surface area contributed by atoms with Gasteiger partial charge in [0.05, 0.1) is 22.8 Å². The number of esters is 1. The topological polar surface area (TPSA) is 94.3 Å². The summed E-state index contributed by atoms with van der Waals surface area (Å²) < 4.78 is 10.8. The van der Waals surface area contributed by atoms with Gasteiger partial charge in [-0.15, -0.1) is 32.9 Å². The van der Waals surface area contributed by atoms with Crippen molar-refractivity contribution < 1.29 is 18.7 Å². The number of anilines is 1. The lowest BCUT2D eigenvalue weighted by Crippen LogP contribution is -2.17. The number of hydrogen-bond acceptors (Lipinski definition) is 9. The lowest BCUT2D eigenvalue weighted by atomic mass is 9.95. The molecule has 3 heterocycles. The summed E-state index contributed by atoms with van der Waals surface area (Å²) in [6.07, 6.45) is 3.93. The number of aryl methyl sites for hydroxylation is 1. The minimum absolute atomic E-state index is 0.108. The number of thioether (sulfide) groups is 1. The van der Waals surface area contributed by atoms with Gasteiger partial charge in [-0.3, -0.25) is 4.79 Å². The van der Waals surface area contributed by atoms with Crippen LogP contribution >= 0.6 is 34.4 Å². The molecule has 4 rings (SSSR count). The SMILES string of the molecule is CCOC(=O)c1c(NC(=O)CSc2nnc(-c3cccs3)o2)sc2c1CCCC2. The number of nitrogens with one attached hydrogen (secondary N) is 1. The van der Waals surface area contributed by atoms with E-state index in [1.807, 2.05) is 17.5 Å². The quantitative estimate of drug-likeness (QED) is 0.414. The molecule has 0 aromatic carbocycles. The van der Waals surface area contributed by atoms with Gasteiger partial charge in [0.25, 0.3) is 11.1 Å². The molecule has 1 amide bonds. The van der Waals surface area contributed by atoms with Crippen LogP contribution < -0.4 is 5.32 Å². The highest BCUT2D eigenvalue weighted by Crippen LogP contribution is 2.38. The van der Waals surface area contributed by atoms with Crippen molar-refractivity contribution in [2.75, 3.05) is 17.7 Å². The molecule has 3 aromatic rings. The van der Waals surface area contributed by atoms with Gasteiger partial charge >= 0.3 is 5.97 Å². The van der Waals surface area contributed by atoms with Crippen LogP contribution in [0.2, 0.25) is 0 Å². The van der Waals surface area contributed by atoms with Crippen molar-refractivity contribution in [3.05, 3.63) is 33.5 Å². The summed E-state index contributed by atoms with van der Waals surface area (Å²) >= 11 is 4.15. The third-order valence-electron chi connectivity index (χ3n) is 4.37. The summed E-state index contributed by atoms with van der Waals surface area (Å²) in [6, 6.07) is 3.81. The Labute approximate surface area is 179 Å². The Morgan fingerprint density at radius 3 is 2.97 bits per heavy atom. The Balaban J connectivity index is 1.43. The normalized spacial score (nSPS) is 13.1. The number of hydrogen-bond donors (Lipinski definition) is 1. The van der Waals surface area contributed by atoms with Crippen molar-refractivity contribution in [3.8, 4) is 10.8 Å². The van der Waals surface area contributed by atoms with Crippen molar-refractivity contribution in [1.82, 2.24) is 10.2 Å². The zero-order valence-electron chi connectivity index (χ0n) is 15.7. The molecule has 0 saturated carbocycles. The van der Waals surface area contributed by atoms with E-state index in [1.165, 1.54) is 39.3 Å². The van der Waals surface area contributed by atoms with E-state index >= 15 is 0 Å². The molecule has 10 heteroatoms. The van der Waals surface area contributed by atoms with E-state index in [4.69, 9.17) is 9.15 Å². The van der Waals surface area contributed by atoms with Crippen LogP contribution in [0.15, 0.2) is 27.2 Å². The van der Waals surface area contributed by atoms with Crippen LogP contribution in [-0.4, -0.2) is 34.4 Å². The van der Waals surface area contributed by atoms with E-state index in [2.05, 4.69) is 15.5 Å². The number of nitrogens with zero attached hydrogens (tertiary/aromatic N) is 2. The first-order valence-corrected chi connectivity index (χ1v) is 12.0. The summed E-state index contributed by atoms with van der Waals surface area (Å²) in [4.78, 5) is 27.0. The third-order valence-corrected chi connectivity index (χ3v) is 7.25. The summed E-state index contributed by atoms with van der Waals surface area (Å²) in [5, 5.41) is 13.7. The van der Waals surface area contributed by atoms with Crippen LogP contribution in [0, 0.1) is 0 Å². The maximum atomic E-state index is 12.5. The first kappa shape index (κ1) is 20.1. The molecule has 152 valence electrons. The van der Waals surface area contributed by atoms with E-state index in [0.29, 0.717) is 28.3 Å². The number of aromatic nitrogens is 2. The Kier molecular flexibility index (Phi) is 6.31. The number of ether oxygens (including phenoxy) is 1. The standard InChI is InChI=1S/C19H19N3O4S3/c1-2-25-18(24)15-11-6-3-4-7-12(11)29-17(15)20-14(23)10-28-19-22-21-16(26-19)13-8-5-9-27-13/h5,8-9H,2-4,6-7,10H2,1H3,(H,20,23). The average molecular weight is 450 g/mol. The Morgan fingerprint density at radius 2 is 2.17 bits per heavy atom. The predicted octanol–water partition coefficient (Wildman–Crippen LogP) is 4.65. The largest absolute Gasteiger partial charge is 0.462 e. The van der Waals surface area contributed by atoms with Gasteiger partial charge in [0, 0.05) is 4.88 Å². The molecule has 0 radical (unpaired) electrons. The molecular formula is C19H19N3O4S3. The fourth-order valence-corrected chi connectivity index (χ4v) is 5.63. The number of carbonyl (C=O) groups is 2. The molecular weight excluding hydrogens is 430 g/mol. The minimum Gasteiger partial charge on any atom is -0.462 e. The predicted molar refractivity (Wildman–Crippen MR) is 114 cm³/mol. The maximum Gasteiger partial charge on any atom is 0.341 e. The Bertz CT molecular complexity index is 1010. The van der Waals surface area contributed by atoms with Gasteiger partial charge in [-0.2, -0.15) is 0 Å². The van der Waals surface area contributed by atoms with Crippen LogP contribution in [-0.2, 0) is 22.4 Å². The van der Waals surface area contributed by atoms with Crippen LogP contribution in [0.1, 0.15) is 40.6 Å². The molecule has 0 bridgehead atoms. The molecule has 0 unspecified atom stereocenters. The van der Waals surface area contributed by atoms with Gasteiger partial charge in [0.15, 0.2) is 0 Å². The number of carbonyl (C=O) groups excluding carboxylic acids is 2. The number of amides is 1. The Hall–Kier alpha value is -2.17. The van der Waals surface area contributed by atoms with Gasteiger partial charge < -0.3 is 14.5 Å². The molecule has 0 aliphatic heterocycles. The Morgan fingerprint density at radius 1 is 1.31 bits per heavy atom. The van der Waals surface area contributed by atoms with E-state index in [-0.39, 0.29) is 17.6 Å². The van der Waals surface area contributed by atoms with Crippen molar-refractivity contribution in [3.63, 3.8) is 0 Å². The van der Waals surface area contributed by atoms with Crippen LogP contribution in [0.3, 0.4) is 0 Å². The zero-order chi connectivity index (χ0) is 20.2. The molecule has 0 atom stereocenters. The summed E-state index contributed by atoms with van der Waals surface area (Å²) in [6.45, 7) is 2.08. The number of rotatable bonds is 7. The molecule has 0 saturated heterocycles. The smallest absolute Gasteiger partial charge is 0.341 e. The van der Waals surface area contributed by atoms with E-state index in [0.717, 1.165) is 36.1 Å². The highest BCUT2D eigenvalue weighted by molar-refractivity contribution is 7.99. The molecule has 29 heavy (non-hydrogen) atoms. The first-order valence-electron chi connectivity index (χ1n) is 9.27. The van der Waals surface area contributed by atoms with Gasteiger partial charge in [-0.1, -0.05) is 17.8 Å². The van der Waals surface area contributed by atoms with Gasteiger partial charge in [0.1, 0.15) is 5.00 Å². The second-order valence-corrected chi connectivity index (χ2v) is 9.30. The molecule has 1 aliphatic carbocycles. The first-order chi connectivity index (χ1) is 14.2. The molecule has 1 N–H and O–H groups in total. The van der Waals surface area contributed by atoms with E-state index < -0.39 is 0 Å². The zero-order valence-corrected chi connectivity index (χ0v) is 18.2. The van der Waals surface area contributed by atoms with Crippen molar-refractivity contribution >= 4 is 51.3 Å². The van der Waals surface area contributed by atoms with Crippen molar-refractivity contribution in [2.45, 2.75) is 37.8 Å². The summed E-state index contributed by atoms with van der Waals surface area (Å²) in [7, 11) is 0. The molecule has 0 spiro atoms. The highest BCUT2D eigenvalue weighted by Gasteiger charge is 2.27. The fourth-order valence-electron chi connectivity index (χ4n) is 3.13. The van der Waals surface area contributed by atoms with E-state index in [9.17, 15) is 9.59 Å². The number of thiophene rings is 2. The second kappa shape index (κ2) is 9.10. The maximum absolute atomic E-state index is 12.5. The highest BCUT2D eigenvalue weighted by atomic mass is 32.2. The second-order valence-electron chi connectivity index (χ2n) is 6.32. The van der Waals surface area contributed by atoms with Crippen LogP contribution in [0.25, 0.3) is 10.8 Å².